The lowest BCUT2D eigenvalue weighted by atomic mass is 9.99. The van der Waals surface area contributed by atoms with Crippen LogP contribution in [0, 0.1) is 5.92 Å². The third-order valence-corrected chi connectivity index (χ3v) is 5.96. The van der Waals surface area contributed by atoms with Gasteiger partial charge in [0.2, 0.25) is 0 Å². The van der Waals surface area contributed by atoms with Gasteiger partial charge in [0, 0.05) is 31.7 Å². The highest BCUT2D eigenvalue weighted by Gasteiger charge is 2.38. The summed E-state index contributed by atoms with van der Waals surface area (Å²) in [6.07, 6.45) is 3.72. The van der Waals surface area contributed by atoms with Crippen molar-refractivity contribution in [2.75, 3.05) is 26.2 Å². The zero-order valence-corrected chi connectivity index (χ0v) is 15.6. The summed E-state index contributed by atoms with van der Waals surface area (Å²) >= 11 is 0. The normalized spacial score (nSPS) is 23.6. The van der Waals surface area contributed by atoms with Crippen LogP contribution in [0.2, 0.25) is 0 Å². The molecule has 4 nitrogen and oxygen atoms in total. The summed E-state index contributed by atoms with van der Waals surface area (Å²) < 4.78 is 5.98. The van der Waals surface area contributed by atoms with E-state index in [1.165, 1.54) is 30.5 Å². The minimum atomic E-state index is 0.0942. The molecule has 2 unspecified atom stereocenters. The van der Waals surface area contributed by atoms with Gasteiger partial charge in [0.15, 0.2) is 0 Å². The highest BCUT2D eigenvalue weighted by molar-refractivity contribution is 5.94. The summed E-state index contributed by atoms with van der Waals surface area (Å²) in [5.41, 5.74) is 3.34. The van der Waals surface area contributed by atoms with Gasteiger partial charge in [-0.15, -0.1) is 0 Å². The summed E-state index contributed by atoms with van der Waals surface area (Å²) in [7, 11) is 0. The first kappa shape index (κ1) is 16.8. The number of carbonyl (C=O) groups is 1. The molecule has 4 heteroatoms. The predicted molar refractivity (Wildman–Crippen MR) is 105 cm³/mol. The molecule has 1 saturated carbocycles. The van der Waals surface area contributed by atoms with Crippen LogP contribution in [0.15, 0.2) is 48.5 Å². The summed E-state index contributed by atoms with van der Waals surface area (Å²) in [6.45, 7) is 4.59. The Morgan fingerprint density at radius 3 is 2.78 bits per heavy atom. The number of hydrogen-bond acceptors (Lipinski definition) is 3. The summed E-state index contributed by atoms with van der Waals surface area (Å²) in [6, 6.07) is 16.6. The Morgan fingerprint density at radius 2 is 1.93 bits per heavy atom. The van der Waals surface area contributed by atoms with E-state index in [-0.39, 0.29) is 5.91 Å². The zero-order valence-electron chi connectivity index (χ0n) is 15.6. The minimum Gasteiger partial charge on any atom is -0.492 e. The first-order valence-corrected chi connectivity index (χ1v) is 10.1. The molecular weight excluding hydrogens is 336 g/mol. The Hall–Kier alpha value is -2.33. The van der Waals surface area contributed by atoms with Crippen molar-refractivity contribution in [2.45, 2.75) is 31.8 Å². The van der Waals surface area contributed by atoms with Gasteiger partial charge in [-0.05, 0) is 54.5 Å². The van der Waals surface area contributed by atoms with E-state index in [0.717, 1.165) is 43.3 Å². The first-order chi connectivity index (χ1) is 13.3. The van der Waals surface area contributed by atoms with Crippen LogP contribution in [-0.4, -0.2) is 48.0 Å². The average Bonchev–Trinajstić information content (AvgIpc) is 3.64. The van der Waals surface area contributed by atoms with Crippen LogP contribution in [0.3, 0.4) is 0 Å². The molecule has 5 rings (SSSR count). The fraction of sp³-hybridized carbons (Fsp3) is 0.435. The van der Waals surface area contributed by atoms with Gasteiger partial charge in [-0.1, -0.05) is 30.3 Å². The van der Waals surface area contributed by atoms with E-state index in [2.05, 4.69) is 23.1 Å². The summed E-state index contributed by atoms with van der Waals surface area (Å²) in [5, 5.41) is 0. The molecule has 140 valence electrons. The number of amides is 1. The number of rotatable bonds is 6. The van der Waals surface area contributed by atoms with Crippen LogP contribution in [-0.2, 0) is 13.0 Å². The molecule has 0 radical (unpaired) electrons. The first-order valence-electron chi connectivity index (χ1n) is 10.1. The van der Waals surface area contributed by atoms with E-state index >= 15 is 0 Å². The van der Waals surface area contributed by atoms with Gasteiger partial charge in [0.1, 0.15) is 12.4 Å². The molecule has 1 saturated heterocycles. The van der Waals surface area contributed by atoms with Gasteiger partial charge in [0.25, 0.3) is 5.91 Å². The van der Waals surface area contributed by atoms with E-state index in [9.17, 15) is 4.79 Å². The molecule has 0 bridgehead atoms. The topological polar surface area (TPSA) is 32.6 Å². The fourth-order valence-electron chi connectivity index (χ4n) is 4.00. The Kier molecular flexibility index (Phi) is 4.36. The largest absolute Gasteiger partial charge is 0.492 e. The third-order valence-electron chi connectivity index (χ3n) is 5.96. The van der Waals surface area contributed by atoms with Crippen molar-refractivity contribution >= 4 is 5.91 Å². The molecule has 2 fully saturated rings. The van der Waals surface area contributed by atoms with Crippen molar-refractivity contribution in [3.63, 3.8) is 0 Å². The average molecular weight is 362 g/mol. The highest BCUT2D eigenvalue weighted by atomic mass is 16.5. The molecule has 2 aromatic rings. The molecule has 0 N–H and O–H groups in total. The molecule has 2 aromatic carbocycles. The van der Waals surface area contributed by atoms with Crippen molar-refractivity contribution in [3.8, 4) is 5.75 Å². The monoisotopic (exact) mass is 362 g/mol. The lowest BCUT2D eigenvalue weighted by molar-refractivity contribution is 0.0734. The second-order valence-corrected chi connectivity index (χ2v) is 8.14. The van der Waals surface area contributed by atoms with Crippen LogP contribution >= 0.6 is 0 Å². The SMILES string of the molecule is O=C(c1cccc(OCC2CN2CC2CC2)c1)N1CCc2ccccc2C1. The standard InChI is InChI=1S/C23H26N2O2/c26-23(24-11-10-18-4-1-2-5-20(18)14-24)19-6-3-7-22(12-19)27-16-21-15-25(21)13-17-8-9-17/h1-7,12,17,21H,8-11,13-16H2. The van der Waals surface area contributed by atoms with Gasteiger partial charge in [0.05, 0.1) is 6.04 Å². The van der Waals surface area contributed by atoms with Gasteiger partial charge >= 0.3 is 0 Å². The van der Waals surface area contributed by atoms with Crippen LogP contribution in [0.4, 0.5) is 0 Å². The zero-order chi connectivity index (χ0) is 18.2. The number of carbonyl (C=O) groups excluding carboxylic acids is 1. The van der Waals surface area contributed by atoms with Crippen LogP contribution in [0.25, 0.3) is 0 Å². The summed E-state index contributed by atoms with van der Waals surface area (Å²) in [4.78, 5) is 17.4. The van der Waals surface area contributed by atoms with Gasteiger partial charge in [-0.3, -0.25) is 9.69 Å². The third kappa shape index (κ3) is 3.86. The molecule has 1 amide bonds. The fourth-order valence-corrected chi connectivity index (χ4v) is 4.00. The van der Waals surface area contributed by atoms with E-state index in [1.54, 1.807) is 0 Å². The highest BCUT2D eigenvalue weighted by Crippen LogP contribution is 2.33. The number of ether oxygens (including phenoxy) is 1. The maximum Gasteiger partial charge on any atom is 0.254 e. The van der Waals surface area contributed by atoms with E-state index in [0.29, 0.717) is 12.6 Å². The molecule has 0 aromatic heterocycles. The van der Waals surface area contributed by atoms with Crippen LogP contribution in [0.1, 0.15) is 34.3 Å². The number of hydrogen-bond donors (Lipinski definition) is 0. The van der Waals surface area contributed by atoms with E-state index in [1.807, 2.05) is 35.2 Å². The molecule has 2 aliphatic heterocycles. The minimum absolute atomic E-state index is 0.0942. The molecule has 2 atom stereocenters. The molecule has 2 heterocycles. The number of fused-ring (bicyclic) bond motifs is 1. The Morgan fingerprint density at radius 1 is 1.07 bits per heavy atom. The quantitative estimate of drug-likeness (QED) is 0.739. The van der Waals surface area contributed by atoms with Gasteiger partial charge in [-0.25, -0.2) is 0 Å². The van der Waals surface area contributed by atoms with Crippen molar-refractivity contribution in [1.29, 1.82) is 0 Å². The number of benzene rings is 2. The van der Waals surface area contributed by atoms with E-state index in [4.69, 9.17) is 4.74 Å². The van der Waals surface area contributed by atoms with Gasteiger partial charge in [-0.2, -0.15) is 0 Å². The van der Waals surface area contributed by atoms with Gasteiger partial charge < -0.3 is 9.64 Å². The lowest BCUT2D eigenvalue weighted by Crippen LogP contribution is -2.35. The Bertz CT molecular complexity index is 846. The maximum atomic E-state index is 13.0. The molecule has 0 spiro atoms. The molecular formula is C23H26N2O2. The van der Waals surface area contributed by atoms with Crippen molar-refractivity contribution in [3.05, 3.63) is 65.2 Å². The van der Waals surface area contributed by atoms with Crippen molar-refractivity contribution < 1.29 is 9.53 Å². The second-order valence-electron chi connectivity index (χ2n) is 8.14. The van der Waals surface area contributed by atoms with Crippen molar-refractivity contribution in [2.24, 2.45) is 5.92 Å². The lowest BCUT2D eigenvalue weighted by Gasteiger charge is -2.29. The second kappa shape index (κ2) is 7.01. The molecule has 3 aliphatic rings. The molecule has 1 aliphatic carbocycles. The van der Waals surface area contributed by atoms with Crippen LogP contribution < -0.4 is 4.74 Å². The smallest absolute Gasteiger partial charge is 0.254 e. The predicted octanol–water partition coefficient (Wildman–Crippen LogP) is 3.36. The van der Waals surface area contributed by atoms with Crippen LogP contribution in [0.5, 0.6) is 5.75 Å². The molecule has 27 heavy (non-hydrogen) atoms. The Labute approximate surface area is 160 Å². The summed E-state index contributed by atoms with van der Waals surface area (Å²) in [5.74, 6) is 1.83. The van der Waals surface area contributed by atoms with E-state index < -0.39 is 0 Å². The number of nitrogens with zero attached hydrogens (tertiary/aromatic N) is 2. The Balaban J connectivity index is 1.19. The van der Waals surface area contributed by atoms with Crippen molar-refractivity contribution in [1.82, 2.24) is 9.80 Å². The maximum absolute atomic E-state index is 13.0.